The number of halogens is 1. The first kappa shape index (κ1) is 22.8. The topological polar surface area (TPSA) is 68.8 Å². The Kier molecular flexibility index (Phi) is 9.34. The minimum atomic E-state index is 0. The maximum atomic E-state index is 12.0. The predicted molar refractivity (Wildman–Crippen MR) is 127 cm³/mol. The summed E-state index contributed by atoms with van der Waals surface area (Å²) in [4.78, 5) is 18.7. The van der Waals surface area contributed by atoms with Crippen LogP contribution in [0, 0.1) is 6.92 Å². The Hall–Kier alpha value is -1.51. The van der Waals surface area contributed by atoms with Crippen LogP contribution in [-0.4, -0.2) is 50.6 Å². The Balaban J connectivity index is 0.00000280. The number of aliphatic imine (C=N–C) groups is 1. The van der Waals surface area contributed by atoms with Crippen molar-refractivity contribution < 1.29 is 4.79 Å². The molecule has 0 bridgehead atoms. The van der Waals surface area contributed by atoms with E-state index < -0.39 is 0 Å². The highest BCUT2D eigenvalue weighted by molar-refractivity contribution is 14.0. The molecule has 2 fully saturated rings. The van der Waals surface area contributed by atoms with E-state index in [0.717, 1.165) is 38.3 Å². The fourth-order valence-corrected chi connectivity index (χ4v) is 3.92. The molecule has 156 valence electrons. The van der Waals surface area contributed by atoms with E-state index >= 15 is 0 Å². The number of hydrogen-bond acceptors (Lipinski definition) is 3. The molecule has 1 aromatic rings. The van der Waals surface area contributed by atoms with Crippen LogP contribution in [0.4, 0.5) is 5.69 Å². The molecular weight excluding hydrogens is 465 g/mol. The Morgan fingerprint density at radius 2 is 1.82 bits per heavy atom. The maximum absolute atomic E-state index is 12.0. The molecule has 28 heavy (non-hydrogen) atoms. The Morgan fingerprint density at radius 3 is 2.50 bits per heavy atom. The van der Waals surface area contributed by atoms with Crippen molar-refractivity contribution >= 4 is 41.5 Å². The number of guanidine groups is 1. The van der Waals surface area contributed by atoms with Crippen molar-refractivity contribution in [2.24, 2.45) is 4.99 Å². The molecule has 1 aliphatic heterocycles. The number of aryl methyl sites for hydroxylation is 1. The first-order chi connectivity index (χ1) is 13.1. The highest BCUT2D eigenvalue weighted by Gasteiger charge is 2.23. The molecule has 0 radical (unpaired) electrons. The third kappa shape index (κ3) is 6.83. The number of nitrogens with zero attached hydrogens (tertiary/aromatic N) is 2. The van der Waals surface area contributed by atoms with Crippen molar-refractivity contribution in [3.05, 3.63) is 29.8 Å². The third-order valence-electron chi connectivity index (χ3n) is 5.52. The zero-order valence-electron chi connectivity index (χ0n) is 17.0. The summed E-state index contributed by atoms with van der Waals surface area (Å²) >= 11 is 0. The van der Waals surface area contributed by atoms with E-state index in [-0.39, 0.29) is 29.9 Å². The lowest BCUT2D eigenvalue weighted by Crippen LogP contribution is -2.45. The first-order valence-electron chi connectivity index (χ1n) is 10.2. The summed E-state index contributed by atoms with van der Waals surface area (Å²) in [5.41, 5.74) is 2.56. The monoisotopic (exact) mass is 499 g/mol. The van der Waals surface area contributed by atoms with Crippen molar-refractivity contribution in [3.8, 4) is 0 Å². The number of nitrogens with one attached hydrogen (secondary N) is 3. The van der Waals surface area contributed by atoms with Gasteiger partial charge in [-0.05, 0) is 38.3 Å². The normalized spacial score (nSPS) is 20.0. The molecular formula is C21H34IN5O. The number of carbonyl (C=O) groups excluding carboxylic acids is 1. The van der Waals surface area contributed by atoms with Crippen LogP contribution >= 0.6 is 24.0 Å². The SMILES string of the molecule is CN=C(NCCC(=O)NC1CCCC1)NC1CCN(c2ccc(C)cc2)C1.I. The van der Waals surface area contributed by atoms with Gasteiger partial charge < -0.3 is 20.9 Å². The summed E-state index contributed by atoms with van der Waals surface area (Å²) in [7, 11) is 1.78. The predicted octanol–water partition coefficient (Wildman–Crippen LogP) is 2.81. The quantitative estimate of drug-likeness (QED) is 0.320. The van der Waals surface area contributed by atoms with Gasteiger partial charge in [0.25, 0.3) is 0 Å². The summed E-state index contributed by atoms with van der Waals surface area (Å²) in [6.07, 6.45) is 6.29. The van der Waals surface area contributed by atoms with E-state index in [4.69, 9.17) is 0 Å². The zero-order valence-corrected chi connectivity index (χ0v) is 19.4. The second-order valence-electron chi connectivity index (χ2n) is 7.71. The van der Waals surface area contributed by atoms with Gasteiger partial charge in [0, 0.05) is 50.9 Å². The molecule has 1 aliphatic carbocycles. The van der Waals surface area contributed by atoms with Crippen LogP contribution in [0.1, 0.15) is 44.1 Å². The van der Waals surface area contributed by atoms with E-state index in [2.05, 4.69) is 57.0 Å². The lowest BCUT2D eigenvalue weighted by molar-refractivity contribution is -0.121. The van der Waals surface area contributed by atoms with E-state index in [1.807, 2.05) is 0 Å². The Bertz CT molecular complexity index is 643. The van der Waals surface area contributed by atoms with Crippen molar-refractivity contribution in [2.45, 2.75) is 57.5 Å². The van der Waals surface area contributed by atoms with Crippen LogP contribution < -0.4 is 20.9 Å². The second kappa shape index (κ2) is 11.5. The van der Waals surface area contributed by atoms with Gasteiger partial charge in [-0.1, -0.05) is 30.5 Å². The van der Waals surface area contributed by atoms with Gasteiger partial charge in [-0.3, -0.25) is 9.79 Å². The van der Waals surface area contributed by atoms with Crippen molar-refractivity contribution in [1.82, 2.24) is 16.0 Å². The fourth-order valence-electron chi connectivity index (χ4n) is 3.92. The molecule has 3 rings (SSSR count). The number of hydrogen-bond donors (Lipinski definition) is 3. The Morgan fingerprint density at radius 1 is 1.11 bits per heavy atom. The molecule has 3 N–H and O–H groups in total. The molecule has 1 saturated carbocycles. The minimum absolute atomic E-state index is 0. The number of anilines is 1. The molecule has 6 nitrogen and oxygen atoms in total. The molecule has 1 aromatic carbocycles. The minimum Gasteiger partial charge on any atom is -0.369 e. The van der Waals surface area contributed by atoms with E-state index in [0.29, 0.717) is 25.0 Å². The van der Waals surface area contributed by atoms with E-state index in [1.165, 1.54) is 24.1 Å². The molecule has 7 heteroatoms. The van der Waals surface area contributed by atoms with Crippen molar-refractivity contribution in [1.29, 1.82) is 0 Å². The first-order valence-corrected chi connectivity index (χ1v) is 10.2. The van der Waals surface area contributed by atoms with Gasteiger partial charge in [-0.2, -0.15) is 0 Å². The van der Waals surface area contributed by atoms with Crippen LogP contribution in [0.3, 0.4) is 0 Å². The molecule has 1 unspecified atom stereocenters. The van der Waals surface area contributed by atoms with Crippen molar-refractivity contribution in [2.75, 3.05) is 31.6 Å². The summed E-state index contributed by atoms with van der Waals surface area (Å²) in [6, 6.07) is 9.45. The van der Waals surface area contributed by atoms with Crippen LogP contribution in [0.15, 0.2) is 29.3 Å². The van der Waals surface area contributed by atoms with Crippen LogP contribution in [0.5, 0.6) is 0 Å². The standard InChI is InChI=1S/C21H33N5O.HI/c1-16-7-9-19(10-8-16)26-14-12-18(15-26)25-21(22-2)23-13-11-20(27)24-17-5-3-4-6-17;/h7-10,17-18H,3-6,11-15H2,1-2H3,(H,24,27)(H2,22,23,25);1H. The summed E-state index contributed by atoms with van der Waals surface area (Å²) in [5.74, 6) is 0.913. The molecule has 2 aliphatic rings. The highest BCUT2D eigenvalue weighted by atomic mass is 127. The lowest BCUT2D eigenvalue weighted by Gasteiger charge is -2.20. The van der Waals surface area contributed by atoms with Crippen LogP contribution in [-0.2, 0) is 4.79 Å². The van der Waals surface area contributed by atoms with Gasteiger partial charge in [0.15, 0.2) is 5.96 Å². The summed E-state index contributed by atoms with van der Waals surface area (Å²) in [6.45, 7) is 4.72. The fraction of sp³-hybridized carbons (Fsp3) is 0.619. The summed E-state index contributed by atoms with van der Waals surface area (Å²) < 4.78 is 0. The third-order valence-corrected chi connectivity index (χ3v) is 5.52. The number of amides is 1. The average Bonchev–Trinajstić information content (AvgIpc) is 3.33. The number of rotatable bonds is 6. The van der Waals surface area contributed by atoms with Gasteiger partial charge >= 0.3 is 0 Å². The molecule has 1 saturated heterocycles. The molecule has 0 aromatic heterocycles. The van der Waals surface area contributed by atoms with Gasteiger partial charge in [0.1, 0.15) is 0 Å². The smallest absolute Gasteiger partial charge is 0.221 e. The van der Waals surface area contributed by atoms with Gasteiger partial charge in [-0.15, -0.1) is 24.0 Å². The zero-order chi connectivity index (χ0) is 19.1. The van der Waals surface area contributed by atoms with Crippen molar-refractivity contribution in [3.63, 3.8) is 0 Å². The molecule has 1 heterocycles. The highest BCUT2D eigenvalue weighted by Crippen LogP contribution is 2.20. The van der Waals surface area contributed by atoms with E-state index in [9.17, 15) is 4.79 Å². The molecule has 1 atom stereocenters. The second-order valence-corrected chi connectivity index (χ2v) is 7.71. The Labute approximate surface area is 186 Å². The van der Waals surface area contributed by atoms with E-state index in [1.54, 1.807) is 7.05 Å². The summed E-state index contributed by atoms with van der Waals surface area (Å²) in [5, 5.41) is 9.89. The van der Waals surface area contributed by atoms with Gasteiger partial charge in [-0.25, -0.2) is 0 Å². The van der Waals surface area contributed by atoms with Crippen LogP contribution in [0.2, 0.25) is 0 Å². The average molecular weight is 499 g/mol. The van der Waals surface area contributed by atoms with Crippen LogP contribution in [0.25, 0.3) is 0 Å². The number of carbonyl (C=O) groups is 1. The number of benzene rings is 1. The van der Waals surface area contributed by atoms with Gasteiger partial charge in [0.2, 0.25) is 5.91 Å². The molecule has 0 spiro atoms. The largest absolute Gasteiger partial charge is 0.369 e. The molecule has 1 amide bonds. The maximum Gasteiger partial charge on any atom is 0.221 e. The lowest BCUT2D eigenvalue weighted by atomic mass is 10.2. The van der Waals surface area contributed by atoms with Gasteiger partial charge in [0.05, 0.1) is 0 Å².